The molecule has 2 aliphatic rings. The highest BCUT2D eigenvalue weighted by Gasteiger charge is 2.28. The molecule has 1 saturated heterocycles. The van der Waals surface area contributed by atoms with Crippen molar-refractivity contribution in [2.24, 2.45) is 5.92 Å². The Labute approximate surface area is 87.4 Å². The highest BCUT2D eigenvalue weighted by Crippen LogP contribution is 2.28. The Kier molecular flexibility index (Phi) is 3.82. The van der Waals surface area contributed by atoms with E-state index in [-0.39, 0.29) is 0 Å². The van der Waals surface area contributed by atoms with Crippen LogP contribution < -0.4 is 5.32 Å². The van der Waals surface area contributed by atoms with Gasteiger partial charge in [-0.25, -0.2) is 0 Å². The van der Waals surface area contributed by atoms with E-state index in [1.54, 1.807) is 0 Å². The van der Waals surface area contributed by atoms with Gasteiger partial charge in [0.1, 0.15) is 0 Å². The number of ether oxygens (including phenoxy) is 1. The first-order valence-electron chi connectivity index (χ1n) is 6.24. The van der Waals surface area contributed by atoms with Crippen molar-refractivity contribution in [2.45, 2.75) is 57.5 Å². The average molecular weight is 197 g/mol. The summed E-state index contributed by atoms with van der Waals surface area (Å²) in [6, 6.07) is 1.42. The summed E-state index contributed by atoms with van der Waals surface area (Å²) < 4.78 is 5.50. The van der Waals surface area contributed by atoms with Gasteiger partial charge in [-0.05, 0) is 31.6 Å². The van der Waals surface area contributed by atoms with Crippen LogP contribution in [0.5, 0.6) is 0 Å². The maximum absolute atomic E-state index is 5.50. The molecule has 0 aromatic carbocycles. The molecule has 3 atom stereocenters. The summed E-state index contributed by atoms with van der Waals surface area (Å²) >= 11 is 0. The summed E-state index contributed by atoms with van der Waals surface area (Å²) in [4.78, 5) is 0. The van der Waals surface area contributed by atoms with E-state index in [0.717, 1.165) is 25.2 Å². The third-order valence-electron chi connectivity index (χ3n) is 3.79. The minimum absolute atomic E-state index is 0.640. The average Bonchev–Trinajstić information content (AvgIpc) is 2.67. The van der Waals surface area contributed by atoms with E-state index < -0.39 is 0 Å². The Morgan fingerprint density at radius 1 is 1.21 bits per heavy atom. The maximum Gasteiger partial charge on any atom is 0.0619 e. The van der Waals surface area contributed by atoms with Gasteiger partial charge < -0.3 is 10.1 Å². The molecule has 0 spiro atoms. The smallest absolute Gasteiger partial charge is 0.0619 e. The van der Waals surface area contributed by atoms with E-state index in [0.29, 0.717) is 6.04 Å². The van der Waals surface area contributed by atoms with Crippen LogP contribution in [0.1, 0.15) is 45.4 Å². The van der Waals surface area contributed by atoms with Crippen LogP contribution in [0.3, 0.4) is 0 Å². The van der Waals surface area contributed by atoms with Crippen LogP contribution >= 0.6 is 0 Å². The van der Waals surface area contributed by atoms with E-state index in [2.05, 4.69) is 12.2 Å². The topological polar surface area (TPSA) is 21.3 Å². The first-order chi connectivity index (χ1) is 6.90. The fraction of sp³-hybridized carbons (Fsp3) is 1.00. The number of nitrogens with one attached hydrogen (secondary N) is 1. The molecule has 1 N–H and O–H groups in total. The Balaban J connectivity index is 1.77. The zero-order chi connectivity index (χ0) is 9.80. The highest BCUT2D eigenvalue weighted by molar-refractivity contribution is 4.85. The Morgan fingerprint density at radius 3 is 2.86 bits per heavy atom. The minimum atomic E-state index is 0.640. The number of hydrogen-bond donors (Lipinski definition) is 1. The zero-order valence-corrected chi connectivity index (χ0v) is 9.30. The predicted octanol–water partition coefficient (Wildman–Crippen LogP) is 2.33. The fourth-order valence-corrected chi connectivity index (χ4v) is 2.92. The van der Waals surface area contributed by atoms with Gasteiger partial charge in [0.15, 0.2) is 0 Å². The van der Waals surface area contributed by atoms with E-state index in [1.807, 2.05) is 0 Å². The second-order valence-corrected chi connectivity index (χ2v) is 4.79. The number of hydrogen-bond acceptors (Lipinski definition) is 2. The molecule has 2 rings (SSSR count). The minimum Gasteiger partial charge on any atom is -0.380 e. The molecule has 2 fully saturated rings. The molecule has 3 unspecified atom stereocenters. The van der Waals surface area contributed by atoms with Gasteiger partial charge in [0.05, 0.1) is 6.61 Å². The maximum atomic E-state index is 5.50. The molecule has 0 aromatic rings. The van der Waals surface area contributed by atoms with Crippen LogP contribution in [0.4, 0.5) is 0 Å². The molecule has 2 heteroatoms. The zero-order valence-electron chi connectivity index (χ0n) is 9.30. The molecule has 0 aromatic heterocycles. The monoisotopic (exact) mass is 197 g/mol. The fourth-order valence-electron chi connectivity index (χ4n) is 2.92. The van der Waals surface area contributed by atoms with Crippen molar-refractivity contribution in [3.05, 3.63) is 0 Å². The van der Waals surface area contributed by atoms with Gasteiger partial charge in [-0.15, -0.1) is 0 Å². The lowest BCUT2D eigenvalue weighted by atomic mass is 9.99. The van der Waals surface area contributed by atoms with Crippen molar-refractivity contribution < 1.29 is 4.74 Å². The lowest BCUT2D eigenvalue weighted by molar-refractivity contribution is 0.0642. The van der Waals surface area contributed by atoms with Crippen LogP contribution in [-0.4, -0.2) is 25.3 Å². The van der Waals surface area contributed by atoms with Crippen molar-refractivity contribution in [3.63, 3.8) is 0 Å². The molecular formula is C12H23NO. The summed E-state index contributed by atoms with van der Waals surface area (Å²) in [5, 5.41) is 3.79. The predicted molar refractivity (Wildman–Crippen MR) is 58.4 cm³/mol. The summed E-state index contributed by atoms with van der Waals surface area (Å²) in [7, 11) is 0. The lowest BCUT2D eigenvalue weighted by Gasteiger charge is -2.29. The molecule has 1 heterocycles. The van der Waals surface area contributed by atoms with Crippen molar-refractivity contribution in [2.75, 3.05) is 13.2 Å². The summed E-state index contributed by atoms with van der Waals surface area (Å²) in [5.74, 6) is 0.928. The van der Waals surface area contributed by atoms with Crippen LogP contribution in [0, 0.1) is 5.92 Å². The molecular weight excluding hydrogens is 174 g/mol. The molecule has 1 saturated carbocycles. The summed E-state index contributed by atoms with van der Waals surface area (Å²) in [6.45, 7) is 4.23. The SMILES string of the molecule is CCC1CCCC1NC1CCCOC1. The van der Waals surface area contributed by atoms with Crippen LogP contribution in [0.15, 0.2) is 0 Å². The molecule has 2 nitrogen and oxygen atoms in total. The second kappa shape index (κ2) is 5.13. The molecule has 82 valence electrons. The molecule has 0 radical (unpaired) electrons. The summed E-state index contributed by atoms with van der Waals surface area (Å²) in [5.41, 5.74) is 0. The third kappa shape index (κ3) is 2.48. The van der Waals surface area contributed by atoms with E-state index in [4.69, 9.17) is 4.74 Å². The standard InChI is InChI=1S/C12H23NO/c1-2-10-5-3-7-12(10)13-11-6-4-8-14-9-11/h10-13H,2-9H2,1H3. The lowest BCUT2D eigenvalue weighted by Crippen LogP contribution is -2.44. The van der Waals surface area contributed by atoms with Gasteiger partial charge in [0.2, 0.25) is 0 Å². The highest BCUT2D eigenvalue weighted by atomic mass is 16.5. The van der Waals surface area contributed by atoms with Crippen molar-refractivity contribution in [1.29, 1.82) is 0 Å². The third-order valence-corrected chi connectivity index (χ3v) is 3.79. The van der Waals surface area contributed by atoms with Gasteiger partial charge in [-0.3, -0.25) is 0 Å². The Hall–Kier alpha value is -0.0800. The van der Waals surface area contributed by atoms with Crippen LogP contribution in [0.25, 0.3) is 0 Å². The molecule has 0 amide bonds. The molecule has 1 aliphatic carbocycles. The number of rotatable bonds is 3. The largest absolute Gasteiger partial charge is 0.380 e. The molecule has 1 aliphatic heterocycles. The van der Waals surface area contributed by atoms with Gasteiger partial charge >= 0.3 is 0 Å². The van der Waals surface area contributed by atoms with E-state index in [1.165, 1.54) is 38.5 Å². The molecule has 14 heavy (non-hydrogen) atoms. The quantitative estimate of drug-likeness (QED) is 0.750. The van der Waals surface area contributed by atoms with Crippen molar-refractivity contribution in [3.8, 4) is 0 Å². The van der Waals surface area contributed by atoms with Crippen LogP contribution in [-0.2, 0) is 4.74 Å². The summed E-state index contributed by atoms with van der Waals surface area (Å²) in [6.07, 6.45) is 8.12. The molecule has 0 bridgehead atoms. The van der Waals surface area contributed by atoms with Crippen molar-refractivity contribution in [1.82, 2.24) is 5.32 Å². The van der Waals surface area contributed by atoms with Crippen molar-refractivity contribution >= 4 is 0 Å². The van der Waals surface area contributed by atoms with E-state index in [9.17, 15) is 0 Å². The van der Waals surface area contributed by atoms with Gasteiger partial charge in [-0.1, -0.05) is 19.8 Å². The van der Waals surface area contributed by atoms with Gasteiger partial charge in [-0.2, -0.15) is 0 Å². The van der Waals surface area contributed by atoms with Gasteiger partial charge in [0, 0.05) is 18.7 Å². The Bertz CT molecular complexity index is 166. The second-order valence-electron chi connectivity index (χ2n) is 4.79. The first-order valence-corrected chi connectivity index (χ1v) is 6.24. The first kappa shape index (κ1) is 10.4. The van der Waals surface area contributed by atoms with E-state index >= 15 is 0 Å². The van der Waals surface area contributed by atoms with Crippen LogP contribution in [0.2, 0.25) is 0 Å². The van der Waals surface area contributed by atoms with Gasteiger partial charge in [0.25, 0.3) is 0 Å². The Morgan fingerprint density at radius 2 is 2.14 bits per heavy atom. The normalized spacial score (nSPS) is 38.8.